The van der Waals surface area contributed by atoms with Gasteiger partial charge in [-0.3, -0.25) is 4.79 Å². The number of anilines is 1. The lowest BCUT2D eigenvalue weighted by atomic mass is 9.97. The summed E-state index contributed by atoms with van der Waals surface area (Å²) < 4.78 is 53.5. The highest BCUT2D eigenvalue weighted by atomic mass is 32.2. The Morgan fingerprint density at radius 3 is 2.16 bits per heavy atom. The van der Waals surface area contributed by atoms with E-state index in [1.165, 1.54) is 23.5 Å². The van der Waals surface area contributed by atoms with Crippen LogP contribution in [0.1, 0.15) is 38.2 Å². The van der Waals surface area contributed by atoms with E-state index in [-0.39, 0.29) is 34.7 Å². The van der Waals surface area contributed by atoms with Crippen LogP contribution >= 0.6 is 0 Å². The quantitative estimate of drug-likeness (QED) is 0.634. The number of nitrogens with zero attached hydrogens (tertiary/aromatic N) is 1. The second-order valence-electron chi connectivity index (χ2n) is 8.13. The molecule has 0 saturated carbocycles. The summed E-state index contributed by atoms with van der Waals surface area (Å²) >= 11 is 0. The molecule has 0 aromatic heterocycles. The maximum Gasteiger partial charge on any atom is 0.243 e. The Balaban J connectivity index is 1.63. The van der Waals surface area contributed by atoms with Crippen LogP contribution in [-0.2, 0) is 24.8 Å². The third-order valence-corrected chi connectivity index (χ3v) is 9.01. The first-order valence-corrected chi connectivity index (χ1v) is 13.4. The smallest absolute Gasteiger partial charge is 0.243 e. The normalized spacial score (nSPS) is 16.2. The minimum atomic E-state index is -3.61. The Labute approximate surface area is 190 Å². The molecule has 1 aliphatic heterocycles. The van der Waals surface area contributed by atoms with Crippen LogP contribution in [0.2, 0.25) is 0 Å². The molecule has 0 spiro atoms. The molecule has 32 heavy (non-hydrogen) atoms. The van der Waals surface area contributed by atoms with Crippen LogP contribution in [0, 0.1) is 5.92 Å². The number of nitrogens with one attached hydrogen (secondary N) is 2. The number of carbonyl (C=O) groups excluding carboxylic acids is 1. The van der Waals surface area contributed by atoms with Crippen LogP contribution in [-0.4, -0.2) is 47.2 Å². The van der Waals surface area contributed by atoms with E-state index < -0.39 is 20.0 Å². The monoisotopic (exact) mass is 479 g/mol. The Bertz CT molecular complexity index is 1170. The zero-order valence-electron chi connectivity index (χ0n) is 18.4. The third-order valence-electron chi connectivity index (χ3n) is 5.69. The van der Waals surface area contributed by atoms with Crippen molar-refractivity contribution in [2.45, 2.75) is 42.4 Å². The highest BCUT2D eigenvalue weighted by Crippen LogP contribution is 2.26. The molecule has 1 fully saturated rings. The van der Waals surface area contributed by atoms with Crippen LogP contribution in [0.3, 0.4) is 0 Å². The van der Waals surface area contributed by atoms with Gasteiger partial charge in [0.05, 0.1) is 9.79 Å². The van der Waals surface area contributed by atoms with E-state index >= 15 is 0 Å². The maximum absolute atomic E-state index is 13.0. The van der Waals surface area contributed by atoms with E-state index in [2.05, 4.69) is 23.9 Å². The molecule has 0 unspecified atom stereocenters. The van der Waals surface area contributed by atoms with E-state index in [0.29, 0.717) is 24.4 Å². The summed E-state index contributed by atoms with van der Waals surface area (Å²) in [6, 6.07) is 12.9. The molecule has 0 bridgehead atoms. The highest BCUT2D eigenvalue weighted by molar-refractivity contribution is 7.89. The highest BCUT2D eigenvalue weighted by Gasteiger charge is 2.32. The van der Waals surface area contributed by atoms with E-state index in [9.17, 15) is 21.6 Å². The molecule has 1 amide bonds. The fourth-order valence-electron chi connectivity index (χ4n) is 3.64. The molecular weight excluding hydrogens is 450 g/mol. The first kappa shape index (κ1) is 24.4. The van der Waals surface area contributed by atoms with Gasteiger partial charge < -0.3 is 5.32 Å². The fourth-order valence-corrected chi connectivity index (χ4v) is 5.88. The van der Waals surface area contributed by atoms with Gasteiger partial charge in [-0.25, -0.2) is 21.6 Å². The van der Waals surface area contributed by atoms with E-state index in [1.807, 2.05) is 12.1 Å². The number of hydrogen-bond donors (Lipinski definition) is 2. The van der Waals surface area contributed by atoms with Crippen molar-refractivity contribution in [3.63, 3.8) is 0 Å². The molecule has 174 valence electrons. The van der Waals surface area contributed by atoms with Gasteiger partial charge in [-0.15, -0.1) is 0 Å². The molecule has 0 atom stereocenters. The molecule has 1 saturated heterocycles. The van der Waals surface area contributed by atoms with Crippen molar-refractivity contribution in [3.8, 4) is 0 Å². The maximum atomic E-state index is 13.0. The van der Waals surface area contributed by atoms with Crippen molar-refractivity contribution in [1.82, 2.24) is 9.03 Å². The molecule has 10 heteroatoms. The summed E-state index contributed by atoms with van der Waals surface area (Å²) in [6.07, 6.45) is 0.785. The largest absolute Gasteiger partial charge is 0.326 e. The van der Waals surface area contributed by atoms with Crippen LogP contribution in [0.4, 0.5) is 5.69 Å². The molecule has 1 heterocycles. The lowest BCUT2D eigenvalue weighted by molar-refractivity contribution is -0.120. The molecule has 2 aromatic carbocycles. The molecular formula is C22H29N3O5S2. The summed E-state index contributed by atoms with van der Waals surface area (Å²) in [7, 11) is -5.90. The lowest BCUT2D eigenvalue weighted by Gasteiger charge is -2.30. The van der Waals surface area contributed by atoms with Gasteiger partial charge in [0.15, 0.2) is 0 Å². The summed E-state index contributed by atoms with van der Waals surface area (Å²) in [5.41, 5.74) is 1.46. The lowest BCUT2D eigenvalue weighted by Crippen LogP contribution is -2.41. The number of rotatable bonds is 7. The van der Waals surface area contributed by atoms with Crippen LogP contribution < -0.4 is 10.0 Å². The SMILES string of the molecule is CNS(=O)(=O)c1cccc(NC(=O)C2CCN(S(=O)(=O)c3ccc(C(C)C)cc3)CC2)c1. The number of piperidine rings is 1. The van der Waals surface area contributed by atoms with Crippen molar-refractivity contribution < 1.29 is 21.6 Å². The Hall–Kier alpha value is -2.27. The van der Waals surface area contributed by atoms with Gasteiger partial charge in [0.1, 0.15) is 0 Å². The third kappa shape index (κ3) is 5.37. The van der Waals surface area contributed by atoms with Crippen molar-refractivity contribution in [2.75, 3.05) is 25.5 Å². The number of benzene rings is 2. The van der Waals surface area contributed by atoms with Crippen molar-refractivity contribution in [3.05, 3.63) is 54.1 Å². The van der Waals surface area contributed by atoms with Gasteiger partial charge in [-0.2, -0.15) is 4.31 Å². The van der Waals surface area contributed by atoms with Crippen LogP contribution in [0.25, 0.3) is 0 Å². The Morgan fingerprint density at radius 2 is 1.59 bits per heavy atom. The zero-order valence-corrected chi connectivity index (χ0v) is 20.0. The average molecular weight is 480 g/mol. The van der Waals surface area contributed by atoms with Crippen LogP contribution in [0.15, 0.2) is 58.3 Å². The number of carbonyl (C=O) groups is 1. The predicted octanol–water partition coefficient (Wildman–Crippen LogP) is 2.76. The van der Waals surface area contributed by atoms with E-state index in [0.717, 1.165) is 5.56 Å². The number of sulfonamides is 2. The molecule has 0 aliphatic carbocycles. The minimum Gasteiger partial charge on any atom is -0.326 e. The van der Waals surface area contributed by atoms with Gasteiger partial charge in [0, 0.05) is 24.7 Å². The molecule has 0 radical (unpaired) electrons. The molecule has 2 aromatic rings. The summed E-state index contributed by atoms with van der Waals surface area (Å²) in [6.45, 7) is 4.60. The Morgan fingerprint density at radius 1 is 0.969 bits per heavy atom. The predicted molar refractivity (Wildman–Crippen MR) is 123 cm³/mol. The summed E-state index contributed by atoms with van der Waals surface area (Å²) in [5.74, 6) is -0.281. The molecule has 2 N–H and O–H groups in total. The Kier molecular flexibility index (Phi) is 7.39. The number of hydrogen-bond acceptors (Lipinski definition) is 5. The van der Waals surface area contributed by atoms with E-state index in [4.69, 9.17) is 0 Å². The van der Waals surface area contributed by atoms with E-state index in [1.54, 1.807) is 24.3 Å². The van der Waals surface area contributed by atoms with Crippen molar-refractivity contribution >= 4 is 31.6 Å². The second kappa shape index (κ2) is 9.70. The van der Waals surface area contributed by atoms with Gasteiger partial charge in [0.25, 0.3) is 0 Å². The second-order valence-corrected chi connectivity index (χ2v) is 12.0. The zero-order chi connectivity index (χ0) is 23.5. The van der Waals surface area contributed by atoms with Crippen molar-refractivity contribution in [1.29, 1.82) is 0 Å². The minimum absolute atomic E-state index is 0.0576. The summed E-state index contributed by atoms with van der Waals surface area (Å²) in [4.78, 5) is 13.0. The standard InChI is InChI=1S/C22H29N3O5S2/c1-16(2)17-7-9-20(10-8-17)32(29,30)25-13-11-18(12-14-25)22(26)24-19-5-4-6-21(15-19)31(27,28)23-3/h4-10,15-16,18,23H,11-14H2,1-3H3,(H,24,26). The molecule has 1 aliphatic rings. The van der Waals surface area contributed by atoms with Crippen LogP contribution in [0.5, 0.6) is 0 Å². The topological polar surface area (TPSA) is 113 Å². The van der Waals surface area contributed by atoms with Gasteiger partial charge in [0.2, 0.25) is 26.0 Å². The fraction of sp³-hybridized carbons (Fsp3) is 0.409. The first-order chi connectivity index (χ1) is 15.0. The van der Waals surface area contributed by atoms with Gasteiger partial charge in [-0.1, -0.05) is 32.0 Å². The van der Waals surface area contributed by atoms with Crippen molar-refractivity contribution in [2.24, 2.45) is 5.92 Å². The van der Waals surface area contributed by atoms with Gasteiger partial charge >= 0.3 is 0 Å². The first-order valence-electron chi connectivity index (χ1n) is 10.5. The van der Waals surface area contributed by atoms with Gasteiger partial charge in [-0.05, 0) is 61.7 Å². The molecule has 8 nitrogen and oxygen atoms in total. The average Bonchev–Trinajstić information content (AvgIpc) is 2.79. The molecule has 3 rings (SSSR count). The number of amides is 1. The summed E-state index contributed by atoms with van der Waals surface area (Å²) in [5, 5.41) is 2.75.